The van der Waals surface area contributed by atoms with Gasteiger partial charge in [-0.3, -0.25) is 0 Å². The summed E-state index contributed by atoms with van der Waals surface area (Å²) < 4.78 is 263. The molecule has 0 heterocycles. The van der Waals surface area contributed by atoms with Gasteiger partial charge in [0.1, 0.15) is 5.20 Å². The largest absolute Gasteiger partial charge is 0.530 e. The van der Waals surface area contributed by atoms with Gasteiger partial charge in [0.2, 0.25) is 0 Å². The highest BCUT2D eigenvalue weighted by atomic mass is 32.2. The number of hydrogen-bond acceptors (Lipinski definition) is 3. The molecule has 0 unspecified atom stereocenters. The molecule has 0 aromatic carbocycles. The molecule has 0 aliphatic rings. The molecular weight excluding hydrogens is 565 g/mol. The molecule has 0 aliphatic heterocycles. The lowest BCUT2D eigenvalue weighted by atomic mass is 9.91. The van der Waals surface area contributed by atoms with Gasteiger partial charge in [-0.15, -0.1) is 0 Å². The Balaban J connectivity index is 6.96. The van der Waals surface area contributed by atoms with E-state index in [2.05, 4.69) is 0 Å². The van der Waals surface area contributed by atoms with Crippen LogP contribution < -0.4 is 4.83 Å². The number of halogens is 19. The molecule has 0 bridgehead atoms. The molecule has 0 aliphatic carbocycles. The summed E-state index contributed by atoms with van der Waals surface area (Å²) in [5.74, 6) is -53.2. The Hall–Kier alpha value is -1.50. The number of alkyl halides is 17. The molecule has 0 aromatic heterocycles. The van der Waals surface area contributed by atoms with Gasteiger partial charge in [0.25, 0.3) is 0 Å². The average Bonchev–Trinajstić information content (AvgIpc) is 2.49. The van der Waals surface area contributed by atoms with Gasteiger partial charge >= 0.3 is 57.0 Å². The number of nitrogens with zero attached hydrogens (tertiary/aromatic N) is 1. The Bertz CT molecular complexity index is 840. The molecule has 0 amide bonds. The maximum Gasteiger partial charge on any atom is 0.460 e. The Labute approximate surface area is 165 Å². The first-order valence-electron chi connectivity index (χ1n) is 6.45. The summed E-state index contributed by atoms with van der Waals surface area (Å²) in [6, 6.07) is 0. The zero-order chi connectivity index (χ0) is 27.7. The summed E-state index contributed by atoms with van der Waals surface area (Å²) in [5.41, 5.74) is 0. The fraction of sp³-hybridized carbons (Fsp3) is 1.00. The van der Waals surface area contributed by atoms with E-state index in [9.17, 15) is 97.2 Å². The highest BCUT2D eigenvalue weighted by molar-refractivity contribution is 7.90. The van der Waals surface area contributed by atoms with E-state index in [0.29, 0.717) is 0 Å². The molecule has 200 valence electrons. The Morgan fingerprint density at radius 2 is 0.758 bits per heavy atom. The van der Waals surface area contributed by atoms with Crippen LogP contribution >= 0.6 is 0 Å². The number of rotatable bonds is 9. The van der Waals surface area contributed by atoms with Crippen molar-refractivity contribution in [2.45, 2.75) is 47.0 Å². The van der Waals surface area contributed by atoms with Crippen molar-refractivity contribution in [3.8, 4) is 0 Å². The normalized spacial score (nSPS) is 16.8. The van der Waals surface area contributed by atoms with Crippen LogP contribution in [0.1, 0.15) is 0 Å². The highest BCUT2D eigenvalue weighted by Crippen LogP contribution is 2.64. The molecular formula is C8HF19N2O3S. The molecule has 0 aromatic rings. The lowest BCUT2D eigenvalue weighted by Gasteiger charge is -2.42. The van der Waals surface area contributed by atoms with Gasteiger partial charge < -0.3 is 5.21 Å². The van der Waals surface area contributed by atoms with Crippen LogP contribution in [0.15, 0.2) is 0 Å². The van der Waals surface area contributed by atoms with Crippen molar-refractivity contribution in [2.24, 2.45) is 0 Å². The standard InChI is InChI=1S/C8HF19N2O3S/c9-1(10,3(13,14)5(17,18)7(21,22)23)2(11,12)4(15,16)6(19,20)8(24,25)33(31,32)28-29(26,27)30/h28H. The van der Waals surface area contributed by atoms with Gasteiger partial charge in [-0.2, -0.15) is 74.6 Å². The zero-order valence-corrected chi connectivity index (χ0v) is 14.6. The van der Waals surface area contributed by atoms with Crippen LogP contribution in [0.4, 0.5) is 83.6 Å². The SMILES string of the molecule is O=S(=O)(N[N+]([O-])(F)F)C(F)(F)C(F)(F)C(F)(F)C(F)(F)C(F)(F)C(F)(F)C(F)(F)C(F)(F)F. The first kappa shape index (κ1) is 31.5. The van der Waals surface area contributed by atoms with Gasteiger partial charge in [-0.1, -0.05) is 0 Å². The first-order valence-corrected chi connectivity index (χ1v) is 7.93. The van der Waals surface area contributed by atoms with Crippen molar-refractivity contribution in [2.75, 3.05) is 0 Å². The predicted molar refractivity (Wildman–Crippen MR) is 58.6 cm³/mol. The van der Waals surface area contributed by atoms with Crippen LogP contribution in [0.3, 0.4) is 0 Å². The van der Waals surface area contributed by atoms with Gasteiger partial charge in [-0.25, -0.2) is 8.42 Å². The minimum absolute atomic E-state index is 1.41. The molecule has 33 heavy (non-hydrogen) atoms. The first-order chi connectivity index (χ1) is 13.7. The Morgan fingerprint density at radius 1 is 0.515 bits per heavy atom. The minimum atomic E-state index is -9.10. The fourth-order valence-electron chi connectivity index (χ4n) is 1.52. The maximum atomic E-state index is 13.3. The van der Waals surface area contributed by atoms with Crippen molar-refractivity contribution >= 4 is 10.0 Å². The molecule has 25 heteroatoms. The van der Waals surface area contributed by atoms with Crippen LogP contribution in [0, 0.1) is 5.21 Å². The van der Waals surface area contributed by atoms with E-state index in [1.165, 1.54) is 0 Å². The van der Waals surface area contributed by atoms with Crippen molar-refractivity contribution in [3.63, 3.8) is 0 Å². The van der Waals surface area contributed by atoms with E-state index in [4.69, 9.17) is 0 Å². The molecule has 0 fully saturated rings. The number of hydrogen-bond donors (Lipinski definition) is 1. The van der Waals surface area contributed by atoms with Crippen molar-refractivity contribution in [1.29, 1.82) is 0 Å². The molecule has 0 atom stereocenters. The predicted octanol–water partition coefficient (Wildman–Crippen LogP) is 4.87. The van der Waals surface area contributed by atoms with E-state index in [1.807, 2.05) is 0 Å². The quantitative estimate of drug-likeness (QED) is 0.246. The lowest BCUT2D eigenvalue weighted by Crippen LogP contribution is -2.75. The summed E-state index contributed by atoms with van der Waals surface area (Å²) >= 11 is 0. The summed E-state index contributed by atoms with van der Waals surface area (Å²) in [5, 5.41) is -4.45. The van der Waals surface area contributed by atoms with E-state index < -0.39 is 67.0 Å². The third-order valence-corrected chi connectivity index (χ3v) is 4.64. The molecule has 0 radical (unpaired) electrons. The second-order valence-corrected chi connectivity index (χ2v) is 7.22. The number of nitrogens with one attached hydrogen (secondary N) is 1. The van der Waals surface area contributed by atoms with E-state index in [0.717, 1.165) is 0 Å². The van der Waals surface area contributed by atoms with Crippen LogP contribution in [0.25, 0.3) is 0 Å². The highest BCUT2D eigenvalue weighted by Gasteiger charge is 2.96. The molecule has 0 saturated carbocycles. The van der Waals surface area contributed by atoms with Gasteiger partial charge in [-0.05, 0) is 0 Å². The Morgan fingerprint density at radius 3 is 1.00 bits per heavy atom. The Kier molecular flexibility index (Phi) is 7.16. The number of quaternary nitrogens is 1. The third kappa shape index (κ3) is 4.23. The molecule has 0 rings (SSSR count). The smallest absolute Gasteiger partial charge is 0.460 e. The molecule has 1 N–H and O–H groups in total. The van der Waals surface area contributed by atoms with E-state index >= 15 is 0 Å². The fourth-order valence-corrected chi connectivity index (χ4v) is 2.38. The van der Waals surface area contributed by atoms with Crippen LogP contribution in [-0.2, 0) is 10.0 Å². The van der Waals surface area contributed by atoms with Crippen molar-refractivity contribution in [1.82, 2.24) is 4.83 Å². The second-order valence-electron chi connectivity index (χ2n) is 5.52. The summed E-state index contributed by atoms with van der Waals surface area (Å²) in [4.78, 5) is -1.41. The summed E-state index contributed by atoms with van der Waals surface area (Å²) in [6.45, 7) is 0. The maximum absolute atomic E-state index is 13.3. The van der Waals surface area contributed by atoms with Crippen molar-refractivity contribution in [3.05, 3.63) is 5.21 Å². The van der Waals surface area contributed by atoms with Crippen molar-refractivity contribution < 1.29 is 97.2 Å². The third-order valence-electron chi connectivity index (χ3n) is 3.26. The van der Waals surface area contributed by atoms with Gasteiger partial charge in [0.15, 0.2) is 0 Å². The number of sulfonamides is 1. The van der Waals surface area contributed by atoms with E-state index in [-0.39, 0.29) is 0 Å². The average molecular weight is 566 g/mol. The minimum Gasteiger partial charge on any atom is -0.530 e. The van der Waals surface area contributed by atoms with Gasteiger partial charge in [0.05, 0.1) is 8.96 Å². The second kappa shape index (κ2) is 7.50. The van der Waals surface area contributed by atoms with Crippen LogP contribution in [0.2, 0.25) is 0 Å². The molecule has 0 spiro atoms. The van der Waals surface area contributed by atoms with Crippen LogP contribution in [-0.4, -0.2) is 60.6 Å². The molecule has 0 saturated heterocycles. The summed E-state index contributed by atoms with van der Waals surface area (Å²) in [6.07, 6.45) is -7.98. The molecule has 5 nitrogen and oxygen atoms in total. The zero-order valence-electron chi connectivity index (χ0n) is 13.8. The summed E-state index contributed by atoms with van der Waals surface area (Å²) in [7, 11) is -8.35. The van der Waals surface area contributed by atoms with Gasteiger partial charge in [0, 0.05) is 4.83 Å². The van der Waals surface area contributed by atoms with E-state index in [1.54, 1.807) is 0 Å². The van der Waals surface area contributed by atoms with Crippen LogP contribution in [0.5, 0.6) is 0 Å². The topological polar surface area (TPSA) is 69.2 Å². The monoisotopic (exact) mass is 566 g/mol. The lowest BCUT2D eigenvalue weighted by molar-refractivity contribution is -1.16.